The van der Waals surface area contributed by atoms with Crippen molar-refractivity contribution >= 4 is 51.5 Å². The van der Waals surface area contributed by atoms with E-state index in [9.17, 15) is 0 Å². The van der Waals surface area contributed by atoms with Crippen molar-refractivity contribution in [1.29, 1.82) is 0 Å². The molecular formula is C24H21Cl2F2IN2O2. The number of ether oxygens (including phenoxy) is 1. The molecule has 2 heterocycles. The van der Waals surface area contributed by atoms with Gasteiger partial charge in [0.2, 0.25) is 0 Å². The van der Waals surface area contributed by atoms with Gasteiger partial charge < -0.3 is 14.2 Å². The second kappa shape index (κ2) is 9.32. The molecule has 1 aliphatic heterocycles. The fourth-order valence-electron chi connectivity index (χ4n) is 4.23. The van der Waals surface area contributed by atoms with Crippen LogP contribution in [0.1, 0.15) is 36.5 Å². The Balaban J connectivity index is 1.35. The zero-order valence-corrected chi connectivity index (χ0v) is 21.2. The zero-order chi connectivity index (χ0) is 23.2. The molecule has 0 radical (unpaired) electrons. The van der Waals surface area contributed by atoms with Gasteiger partial charge in [0.15, 0.2) is 0 Å². The first kappa shape index (κ1) is 23.3. The Labute approximate surface area is 214 Å². The number of aromatic nitrogens is 1. The molecule has 1 unspecified atom stereocenters. The van der Waals surface area contributed by atoms with Crippen LogP contribution in [0.4, 0.5) is 14.5 Å². The highest BCUT2D eigenvalue weighted by Crippen LogP contribution is 2.46. The molecule has 0 spiro atoms. The summed E-state index contributed by atoms with van der Waals surface area (Å²) >= 11 is 15.0. The van der Waals surface area contributed by atoms with Gasteiger partial charge in [0, 0.05) is 32.8 Å². The third-order valence-electron chi connectivity index (χ3n) is 6.12. The number of anilines is 1. The first-order valence-electron chi connectivity index (χ1n) is 10.8. The van der Waals surface area contributed by atoms with Crippen molar-refractivity contribution < 1.29 is 18.0 Å². The highest BCUT2D eigenvalue weighted by Gasteiger charge is 2.46. The molecule has 33 heavy (non-hydrogen) atoms. The van der Waals surface area contributed by atoms with E-state index in [-0.39, 0.29) is 25.5 Å². The van der Waals surface area contributed by atoms with E-state index in [2.05, 4.69) is 27.7 Å². The van der Waals surface area contributed by atoms with Crippen LogP contribution in [0.25, 0.3) is 11.3 Å². The van der Waals surface area contributed by atoms with Crippen LogP contribution in [0.3, 0.4) is 0 Å². The molecular weight excluding hydrogens is 584 g/mol. The number of hydrogen-bond acceptors (Lipinski definition) is 4. The number of halogens is 5. The molecule has 2 aromatic carbocycles. The highest BCUT2D eigenvalue weighted by atomic mass is 127. The predicted molar refractivity (Wildman–Crippen MR) is 133 cm³/mol. The van der Waals surface area contributed by atoms with E-state index in [0.717, 1.165) is 22.1 Å². The highest BCUT2D eigenvalue weighted by molar-refractivity contribution is 14.1. The molecule has 3 aromatic rings. The monoisotopic (exact) mass is 604 g/mol. The van der Waals surface area contributed by atoms with Crippen LogP contribution in [0.2, 0.25) is 10.0 Å². The van der Waals surface area contributed by atoms with Gasteiger partial charge in [-0.3, -0.25) is 0 Å². The summed E-state index contributed by atoms with van der Waals surface area (Å²) in [5, 5.41) is 5.06. The van der Waals surface area contributed by atoms with Crippen LogP contribution in [-0.4, -0.2) is 30.3 Å². The number of piperidine rings is 1. The van der Waals surface area contributed by atoms with Crippen molar-refractivity contribution in [1.82, 2.24) is 5.16 Å². The SMILES string of the molecule is FC1(F)CN(c2ccc(I)cc2)CCC1OCc1c(-c2c(Cl)cccc2Cl)noc1C1CC1. The van der Waals surface area contributed by atoms with Crippen molar-refractivity contribution in [3.63, 3.8) is 0 Å². The fraction of sp³-hybridized carbons (Fsp3) is 0.375. The Morgan fingerprint density at radius 2 is 1.79 bits per heavy atom. The minimum Gasteiger partial charge on any atom is -0.367 e. The van der Waals surface area contributed by atoms with Crippen LogP contribution >= 0.6 is 45.8 Å². The van der Waals surface area contributed by atoms with Crippen molar-refractivity contribution in [3.05, 3.63) is 67.4 Å². The average Bonchev–Trinajstić information content (AvgIpc) is 3.53. The summed E-state index contributed by atoms with van der Waals surface area (Å²) in [4.78, 5) is 1.71. The van der Waals surface area contributed by atoms with Gasteiger partial charge in [-0.2, -0.15) is 0 Å². The van der Waals surface area contributed by atoms with Crippen LogP contribution in [0.15, 0.2) is 47.0 Å². The van der Waals surface area contributed by atoms with E-state index >= 15 is 8.78 Å². The van der Waals surface area contributed by atoms with Crippen molar-refractivity contribution in [2.75, 3.05) is 18.0 Å². The second-order valence-electron chi connectivity index (χ2n) is 8.49. The molecule has 1 saturated heterocycles. The first-order valence-corrected chi connectivity index (χ1v) is 12.6. The largest absolute Gasteiger partial charge is 0.367 e. The maximum atomic E-state index is 15.1. The number of hydrogen-bond donors (Lipinski definition) is 0. The van der Waals surface area contributed by atoms with E-state index in [1.807, 2.05) is 24.3 Å². The minimum atomic E-state index is -3.00. The van der Waals surface area contributed by atoms with Gasteiger partial charge in [-0.1, -0.05) is 34.4 Å². The molecule has 4 nitrogen and oxygen atoms in total. The molecule has 5 rings (SSSR count). The molecule has 2 fully saturated rings. The van der Waals surface area contributed by atoms with Gasteiger partial charge in [-0.05, 0) is 78.3 Å². The standard InChI is InChI=1S/C24H21Cl2F2IN2O2/c25-18-2-1-3-19(26)21(18)22-17(23(33-30-22)14-4-5-14)12-32-20-10-11-31(13-24(20,27)28)16-8-6-15(29)7-9-16/h1-3,6-9,14,20H,4-5,10-13H2. The van der Waals surface area contributed by atoms with Crippen LogP contribution < -0.4 is 4.90 Å². The van der Waals surface area contributed by atoms with Crippen LogP contribution in [0, 0.1) is 3.57 Å². The normalized spacial score (nSPS) is 20.3. The van der Waals surface area contributed by atoms with Gasteiger partial charge in [0.05, 0.1) is 23.2 Å². The molecule has 0 amide bonds. The van der Waals surface area contributed by atoms with Gasteiger partial charge in [0.1, 0.15) is 17.6 Å². The molecule has 1 saturated carbocycles. The van der Waals surface area contributed by atoms with E-state index in [4.69, 9.17) is 32.5 Å². The van der Waals surface area contributed by atoms with Crippen molar-refractivity contribution in [2.45, 2.75) is 43.8 Å². The van der Waals surface area contributed by atoms with E-state index in [1.165, 1.54) is 0 Å². The van der Waals surface area contributed by atoms with Gasteiger partial charge in [-0.25, -0.2) is 8.78 Å². The van der Waals surface area contributed by atoms with Crippen LogP contribution in [0.5, 0.6) is 0 Å². The Morgan fingerprint density at radius 1 is 1.09 bits per heavy atom. The predicted octanol–water partition coefficient (Wildman–Crippen LogP) is 7.56. The lowest BCUT2D eigenvalue weighted by Gasteiger charge is -2.39. The van der Waals surface area contributed by atoms with Crippen molar-refractivity contribution in [3.8, 4) is 11.3 Å². The maximum Gasteiger partial charge on any atom is 0.290 e. The molecule has 2 aliphatic rings. The smallest absolute Gasteiger partial charge is 0.290 e. The molecule has 1 aromatic heterocycles. The second-order valence-corrected chi connectivity index (χ2v) is 10.6. The Morgan fingerprint density at radius 3 is 2.42 bits per heavy atom. The lowest BCUT2D eigenvalue weighted by Crippen LogP contribution is -2.52. The number of rotatable bonds is 6. The maximum absolute atomic E-state index is 15.1. The van der Waals surface area contributed by atoms with Crippen molar-refractivity contribution in [2.24, 2.45) is 0 Å². The molecule has 0 N–H and O–H groups in total. The summed E-state index contributed by atoms with van der Waals surface area (Å²) in [6, 6.07) is 12.8. The molecule has 1 atom stereocenters. The molecule has 9 heteroatoms. The summed E-state index contributed by atoms with van der Waals surface area (Å²) < 4.78 is 42.7. The topological polar surface area (TPSA) is 38.5 Å². The summed E-state index contributed by atoms with van der Waals surface area (Å²) in [6.45, 7) is 0.0692. The van der Waals surface area contributed by atoms with Gasteiger partial charge in [0.25, 0.3) is 5.92 Å². The van der Waals surface area contributed by atoms with Crippen LogP contribution in [-0.2, 0) is 11.3 Å². The summed E-state index contributed by atoms with van der Waals surface area (Å²) in [5.41, 5.74) is 2.45. The Bertz CT molecular complexity index is 1130. The number of nitrogens with zero attached hydrogens (tertiary/aromatic N) is 2. The number of alkyl halides is 2. The van der Waals surface area contributed by atoms with Gasteiger partial charge >= 0.3 is 0 Å². The molecule has 1 aliphatic carbocycles. The van der Waals surface area contributed by atoms with E-state index in [1.54, 1.807) is 23.1 Å². The van der Waals surface area contributed by atoms with E-state index in [0.29, 0.717) is 39.2 Å². The summed E-state index contributed by atoms with van der Waals surface area (Å²) in [7, 11) is 0. The lowest BCUT2D eigenvalue weighted by molar-refractivity contribution is -0.148. The van der Waals surface area contributed by atoms with E-state index < -0.39 is 12.0 Å². The minimum absolute atomic E-state index is 0.0317. The summed E-state index contributed by atoms with van der Waals surface area (Å²) in [5.74, 6) is -2.09. The lowest BCUT2D eigenvalue weighted by atomic mass is 10.0. The summed E-state index contributed by atoms with van der Waals surface area (Å²) in [6.07, 6.45) is 0.963. The average molecular weight is 605 g/mol. The number of benzene rings is 2. The third kappa shape index (κ3) is 4.88. The fourth-order valence-corrected chi connectivity index (χ4v) is 5.17. The molecule has 0 bridgehead atoms. The third-order valence-corrected chi connectivity index (χ3v) is 7.47. The Hall–Kier alpha value is -1.42. The zero-order valence-electron chi connectivity index (χ0n) is 17.5. The molecule has 174 valence electrons. The first-order chi connectivity index (χ1) is 15.8. The Kier molecular flexibility index (Phi) is 6.59. The van der Waals surface area contributed by atoms with Gasteiger partial charge in [-0.15, -0.1) is 0 Å². The quantitative estimate of drug-likeness (QED) is 0.272.